The van der Waals surface area contributed by atoms with Crippen molar-refractivity contribution < 1.29 is 0 Å². The summed E-state index contributed by atoms with van der Waals surface area (Å²) in [5.74, 6) is 2.99. The van der Waals surface area contributed by atoms with Crippen LogP contribution in [0.1, 0.15) is 178 Å². The van der Waals surface area contributed by atoms with Gasteiger partial charge in [-0.15, -0.1) is 0 Å². The normalized spacial score (nSPS) is 24.4. The van der Waals surface area contributed by atoms with E-state index in [1.54, 1.807) is 0 Å². The van der Waals surface area contributed by atoms with Crippen LogP contribution in [0.2, 0.25) is 0 Å². The van der Waals surface area contributed by atoms with Crippen LogP contribution in [0, 0.1) is 22.7 Å². The SMILES string of the molecule is CCCCCCCC[C@H]1CC[C@H](c2cnc(-c3ccc([C@H]4CC[C@@](C#N)(CCCCCCCC)CC4)cc3)nc2)CC1. The van der Waals surface area contributed by atoms with Crippen molar-refractivity contribution >= 4 is 0 Å². The molecule has 2 saturated carbocycles. The van der Waals surface area contributed by atoms with Gasteiger partial charge in [0.1, 0.15) is 0 Å². The van der Waals surface area contributed by atoms with E-state index in [4.69, 9.17) is 9.97 Å². The van der Waals surface area contributed by atoms with E-state index in [-0.39, 0.29) is 5.41 Å². The molecular weight excluding hydrogens is 510 g/mol. The lowest BCUT2D eigenvalue weighted by Gasteiger charge is -2.35. The van der Waals surface area contributed by atoms with Crippen molar-refractivity contribution in [3.8, 4) is 17.5 Å². The summed E-state index contributed by atoms with van der Waals surface area (Å²) in [4.78, 5) is 9.61. The van der Waals surface area contributed by atoms with Crippen molar-refractivity contribution in [3.05, 3.63) is 47.8 Å². The summed E-state index contributed by atoms with van der Waals surface area (Å²) in [5, 5.41) is 10.0. The van der Waals surface area contributed by atoms with Gasteiger partial charge in [0, 0.05) is 18.0 Å². The maximum Gasteiger partial charge on any atom is 0.159 e. The summed E-state index contributed by atoms with van der Waals surface area (Å²) in [6, 6.07) is 11.7. The van der Waals surface area contributed by atoms with E-state index in [0.717, 1.165) is 49.4 Å². The Morgan fingerprint density at radius 2 is 1.21 bits per heavy atom. The van der Waals surface area contributed by atoms with Gasteiger partial charge in [0.2, 0.25) is 0 Å². The van der Waals surface area contributed by atoms with Gasteiger partial charge < -0.3 is 0 Å². The molecule has 1 aromatic heterocycles. The zero-order valence-electron chi connectivity index (χ0n) is 27.1. The standard InChI is InChI=1S/C39H59N3/c1-3-5-7-9-11-13-15-32-16-18-34(19-17-32)37-29-41-38(42-30-37)36-22-20-33(21-23-36)35-24-27-39(31-40,28-25-35)26-14-12-10-8-6-4-2/h20-23,29-30,32,34-35H,3-19,24-28H2,1-2H3/t32-,34-,35-,39-. The summed E-state index contributed by atoms with van der Waals surface area (Å²) >= 11 is 0. The lowest BCUT2D eigenvalue weighted by Crippen LogP contribution is -2.25. The first-order valence-electron chi connectivity index (χ1n) is 18.0. The van der Waals surface area contributed by atoms with Gasteiger partial charge in [-0.1, -0.05) is 122 Å². The Kier molecular flexibility index (Phi) is 13.9. The molecule has 2 aromatic rings. The molecule has 0 N–H and O–H groups in total. The molecule has 230 valence electrons. The van der Waals surface area contributed by atoms with Crippen LogP contribution in [-0.2, 0) is 0 Å². The van der Waals surface area contributed by atoms with Crippen molar-refractivity contribution in [3.63, 3.8) is 0 Å². The second-order valence-corrected chi connectivity index (χ2v) is 13.9. The maximum absolute atomic E-state index is 10.0. The molecule has 0 unspecified atom stereocenters. The number of aromatic nitrogens is 2. The van der Waals surface area contributed by atoms with Gasteiger partial charge in [0.05, 0.1) is 11.5 Å². The van der Waals surface area contributed by atoms with Crippen molar-refractivity contribution in [2.75, 3.05) is 0 Å². The number of nitrogens with zero attached hydrogens (tertiary/aromatic N) is 3. The Labute approximate surface area is 258 Å². The molecule has 1 aromatic carbocycles. The van der Waals surface area contributed by atoms with Crippen LogP contribution < -0.4 is 0 Å². The van der Waals surface area contributed by atoms with E-state index in [2.05, 4.69) is 56.6 Å². The van der Waals surface area contributed by atoms with Crippen molar-refractivity contribution in [1.29, 1.82) is 5.26 Å². The molecule has 42 heavy (non-hydrogen) atoms. The molecule has 3 nitrogen and oxygen atoms in total. The van der Waals surface area contributed by atoms with E-state index < -0.39 is 0 Å². The zero-order chi connectivity index (χ0) is 29.5. The molecule has 3 heteroatoms. The smallest absolute Gasteiger partial charge is 0.159 e. The molecule has 2 aliphatic carbocycles. The van der Waals surface area contributed by atoms with E-state index >= 15 is 0 Å². The summed E-state index contributed by atoms with van der Waals surface area (Å²) < 4.78 is 0. The van der Waals surface area contributed by atoms with Gasteiger partial charge in [-0.25, -0.2) is 9.97 Å². The largest absolute Gasteiger partial charge is 0.236 e. The lowest BCUT2D eigenvalue weighted by molar-refractivity contribution is 0.223. The third-order valence-electron chi connectivity index (χ3n) is 10.8. The first-order chi connectivity index (χ1) is 20.7. The number of hydrogen-bond donors (Lipinski definition) is 0. The third kappa shape index (κ3) is 9.92. The molecule has 0 amide bonds. The average molecular weight is 570 g/mol. The van der Waals surface area contributed by atoms with E-state index in [1.165, 1.54) is 120 Å². The summed E-state index contributed by atoms with van der Waals surface area (Å²) in [6.07, 6.45) is 32.7. The highest BCUT2D eigenvalue weighted by Crippen LogP contribution is 2.46. The average Bonchev–Trinajstić information content (AvgIpc) is 3.05. The summed E-state index contributed by atoms with van der Waals surface area (Å²) in [6.45, 7) is 4.56. The quantitative estimate of drug-likeness (QED) is 0.178. The molecular formula is C39H59N3. The van der Waals surface area contributed by atoms with Gasteiger partial charge in [-0.05, 0) is 86.7 Å². The van der Waals surface area contributed by atoms with Crippen molar-refractivity contribution in [1.82, 2.24) is 9.97 Å². The molecule has 0 aliphatic heterocycles. The van der Waals surface area contributed by atoms with Gasteiger partial charge in [-0.2, -0.15) is 5.26 Å². The molecule has 0 spiro atoms. The summed E-state index contributed by atoms with van der Waals surface area (Å²) in [7, 11) is 0. The van der Waals surface area contributed by atoms with Crippen molar-refractivity contribution in [2.45, 2.75) is 167 Å². The van der Waals surface area contributed by atoms with Gasteiger partial charge in [-0.3, -0.25) is 0 Å². The minimum Gasteiger partial charge on any atom is -0.236 e. The fourth-order valence-corrected chi connectivity index (χ4v) is 7.77. The molecule has 4 rings (SSSR count). The predicted octanol–water partition coefficient (Wildman–Crippen LogP) is 12.1. The number of hydrogen-bond acceptors (Lipinski definition) is 3. The minimum absolute atomic E-state index is 0.0795. The van der Waals surface area contributed by atoms with Crippen LogP contribution in [0.3, 0.4) is 0 Å². The second-order valence-electron chi connectivity index (χ2n) is 13.9. The molecule has 2 aliphatic rings. The maximum atomic E-state index is 10.0. The number of benzene rings is 1. The highest BCUT2D eigenvalue weighted by Gasteiger charge is 2.35. The van der Waals surface area contributed by atoms with E-state index in [9.17, 15) is 5.26 Å². The monoisotopic (exact) mass is 569 g/mol. The zero-order valence-corrected chi connectivity index (χ0v) is 27.1. The molecule has 0 atom stereocenters. The first-order valence-corrected chi connectivity index (χ1v) is 18.0. The highest BCUT2D eigenvalue weighted by molar-refractivity contribution is 5.55. The Bertz CT molecular complexity index is 1030. The first kappa shape index (κ1) is 32.7. The topological polar surface area (TPSA) is 49.6 Å². The Balaban J connectivity index is 1.19. The minimum atomic E-state index is -0.0795. The molecule has 2 fully saturated rings. The third-order valence-corrected chi connectivity index (χ3v) is 10.8. The Morgan fingerprint density at radius 3 is 1.81 bits per heavy atom. The molecule has 0 radical (unpaired) electrons. The van der Waals surface area contributed by atoms with Gasteiger partial charge in [0.25, 0.3) is 0 Å². The summed E-state index contributed by atoms with van der Waals surface area (Å²) in [5.41, 5.74) is 3.78. The lowest BCUT2D eigenvalue weighted by atomic mass is 9.67. The van der Waals surface area contributed by atoms with E-state index in [0.29, 0.717) is 11.8 Å². The van der Waals surface area contributed by atoms with Crippen LogP contribution in [0.5, 0.6) is 0 Å². The fraction of sp³-hybridized carbons (Fsp3) is 0.718. The molecule has 1 heterocycles. The van der Waals surface area contributed by atoms with Crippen LogP contribution in [0.4, 0.5) is 0 Å². The van der Waals surface area contributed by atoms with Crippen LogP contribution in [0.25, 0.3) is 11.4 Å². The van der Waals surface area contributed by atoms with Gasteiger partial charge in [0.15, 0.2) is 5.82 Å². The van der Waals surface area contributed by atoms with Crippen LogP contribution in [-0.4, -0.2) is 9.97 Å². The highest BCUT2D eigenvalue weighted by atomic mass is 14.9. The fourth-order valence-electron chi connectivity index (χ4n) is 7.77. The van der Waals surface area contributed by atoms with Gasteiger partial charge >= 0.3 is 0 Å². The predicted molar refractivity (Wildman–Crippen MR) is 177 cm³/mol. The second kappa shape index (κ2) is 17.8. The molecule has 0 bridgehead atoms. The number of unbranched alkanes of at least 4 members (excludes halogenated alkanes) is 10. The Morgan fingerprint density at radius 1 is 0.667 bits per heavy atom. The number of rotatable bonds is 17. The number of nitriles is 1. The molecule has 0 saturated heterocycles. The Hall–Kier alpha value is -2.21. The van der Waals surface area contributed by atoms with Crippen LogP contribution >= 0.6 is 0 Å². The van der Waals surface area contributed by atoms with E-state index in [1.807, 2.05) is 0 Å². The van der Waals surface area contributed by atoms with Crippen molar-refractivity contribution in [2.24, 2.45) is 11.3 Å². The van der Waals surface area contributed by atoms with Crippen LogP contribution in [0.15, 0.2) is 36.7 Å².